The molecule has 3 aromatic rings. The van der Waals surface area contributed by atoms with E-state index in [2.05, 4.69) is 11.7 Å². The Morgan fingerprint density at radius 1 is 0.838 bits per heavy atom. The molecule has 0 atom stereocenters. The SMILES string of the molecule is C.CCCCC1CCC(c2ccc(-c3cccc(Oc4ccc(OC(F)(F)F)cc4)c3F)c(F)c2)CC1. The molecule has 0 saturated heterocycles. The fraction of sp³-hybridized carbons (Fsp3) is 0.400. The van der Waals surface area contributed by atoms with Crippen LogP contribution in [0.2, 0.25) is 0 Å². The maximum absolute atomic E-state index is 15.3. The van der Waals surface area contributed by atoms with E-state index < -0.39 is 23.7 Å². The average molecular weight is 521 g/mol. The highest BCUT2D eigenvalue weighted by atomic mass is 19.4. The van der Waals surface area contributed by atoms with Crippen molar-refractivity contribution in [2.24, 2.45) is 5.92 Å². The molecule has 1 fully saturated rings. The zero-order valence-electron chi connectivity index (χ0n) is 20.1. The van der Waals surface area contributed by atoms with Crippen molar-refractivity contribution in [3.63, 3.8) is 0 Å². The van der Waals surface area contributed by atoms with Gasteiger partial charge in [-0.25, -0.2) is 8.78 Å². The van der Waals surface area contributed by atoms with Gasteiger partial charge in [-0.15, -0.1) is 13.2 Å². The highest BCUT2D eigenvalue weighted by Crippen LogP contribution is 2.40. The molecule has 0 spiro atoms. The summed E-state index contributed by atoms with van der Waals surface area (Å²) in [6.45, 7) is 2.20. The van der Waals surface area contributed by atoms with Crippen molar-refractivity contribution in [2.45, 2.75) is 71.6 Å². The van der Waals surface area contributed by atoms with Crippen LogP contribution in [0.5, 0.6) is 17.2 Å². The third kappa shape index (κ3) is 7.46. The van der Waals surface area contributed by atoms with Crippen molar-refractivity contribution in [2.75, 3.05) is 0 Å². The van der Waals surface area contributed by atoms with Gasteiger partial charge < -0.3 is 9.47 Å². The normalized spacial score (nSPS) is 17.7. The van der Waals surface area contributed by atoms with Crippen LogP contribution in [0.3, 0.4) is 0 Å². The van der Waals surface area contributed by atoms with Gasteiger partial charge in [0.25, 0.3) is 0 Å². The Kier molecular flexibility index (Phi) is 9.57. The monoisotopic (exact) mass is 520 g/mol. The first-order chi connectivity index (χ1) is 17.2. The van der Waals surface area contributed by atoms with E-state index in [1.807, 2.05) is 6.07 Å². The Morgan fingerprint density at radius 2 is 1.51 bits per heavy atom. The van der Waals surface area contributed by atoms with Gasteiger partial charge in [-0.3, -0.25) is 0 Å². The number of benzene rings is 3. The predicted molar refractivity (Wildman–Crippen MR) is 136 cm³/mol. The highest BCUT2D eigenvalue weighted by Gasteiger charge is 2.31. The Labute approximate surface area is 215 Å². The van der Waals surface area contributed by atoms with Crippen LogP contribution in [0.25, 0.3) is 11.1 Å². The minimum Gasteiger partial charge on any atom is -0.454 e. The zero-order valence-corrected chi connectivity index (χ0v) is 20.1. The predicted octanol–water partition coefficient (Wildman–Crippen LogP) is 10.4. The number of hydrogen-bond donors (Lipinski definition) is 0. The molecule has 7 heteroatoms. The molecular weight excluding hydrogens is 487 g/mol. The molecule has 37 heavy (non-hydrogen) atoms. The fourth-order valence-electron chi connectivity index (χ4n) is 4.91. The Morgan fingerprint density at radius 3 is 2.14 bits per heavy atom. The first-order valence-electron chi connectivity index (χ1n) is 12.4. The van der Waals surface area contributed by atoms with Crippen LogP contribution in [0.1, 0.15) is 70.8 Å². The summed E-state index contributed by atoms with van der Waals surface area (Å²) in [5, 5.41) is 0. The average Bonchev–Trinajstić information content (AvgIpc) is 2.85. The molecule has 3 aromatic carbocycles. The van der Waals surface area contributed by atoms with Gasteiger partial charge in [0.15, 0.2) is 11.6 Å². The number of hydrogen-bond acceptors (Lipinski definition) is 2. The lowest BCUT2D eigenvalue weighted by atomic mass is 9.77. The summed E-state index contributed by atoms with van der Waals surface area (Å²) in [7, 11) is 0. The molecule has 0 heterocycles. The van der Waals surface area contributed by atoms with E-state index in [9.17, 15) is 13.2 Å². The molecule has 0 aromatic heterocycles. The summed E-state index contributed by atoms with van der Waals surface area (Å²) < 4.78 is 76.7. The molecule has 0 radical (unpaired) electrons. The Bertz CT molecular complexity index is 1150. The number of alkyl halides is 3. The van der Waals surface area contributed by atoms with Gasteiger partial charge in [0.1, 0.15) is 17.3 Å². The van der Waals surface area contributed by atoms with E-state index in [0.29, 0.717) is 5.92 Å². The summed E-state index contributed by atoms with van der Waals surface area (Å²) in [5.41, 5.74) is 1.13. The second-order valence-electron chi connectivity index (χ2n) is 9.34. The van der Waals surface area contributed by atoms with Crippen LogP contribution in [0.15, 0.2) is 60.7 Å². The zero-order chi connectivity index (χ0) is 25.7. The van der Waals surface area contributed by atoms with Crippen molar-refractivity contribution < 1.29 is 31.4 Å². The Hall–Kier alpha value is -3.09. The van der Waals surface area contributed by atoms with Crippen LogP contribution < -0.4 is 9.47 Å². The summed E-state index contributed by atoms with van der Waals surface area (Å²) in [5.74, 6) is -0.634. The first kappa shape index (κ1) is 28.5. The van der Waals surface area contributed by atoms with Crippen molar-refractivity contribution in [3.05, 3.63) is 77.9 Å². The van der Waals surface area contributed by atoms with Gasteiger partial charge in [0, 0.05) is 11.1 Å². The molecule has 2 nitrogen and oxygen atoms in total. The van der Waals surface area contributed by atoms with Crippen molar-refractivity contribution in [1.29, 1.82) is 0 Å². The van der Waals surface area contributed by atoms with Crippen LogP contribution in [0.4, 0.5) is 22.0 Å². The third-order valence-electron chi connectivity index (χ3n) is 6.82. The molecule has 1 aliphatic carbocycles. The molecule has 1 saturated carbocycles. The minimum atomic E-state index is -4.81. The lowest BCUT2D eigenvalue weighted by Crippen LogP contribution is -2.16. The fourth-order valence-corrected chi connectivity index (χ4v) is 4.91. The maximum atomic E-state index is 15.3. The molecule has 0 aliphatic heterocycles. The first-order valence-corrected chi connectivity index (χ1v) is 12.4. The van der Waals surface area contributed by atoms with Crippen molar-refractivity contribution >= 4 is 0 Å². The van der Waals surface area contributed by atoms with Gasteiger partial charge >= 0.3 is 6.36 Å². The van der Waals surface area contributed by atoms with Crippen molar-refractivity contribution in [3.8, 4) is 28.4 Å². The molecular formula is C30H33F5O2. The Balaban J connectivity index is 0.00000380. The molecule has 200 valence electrons. The number of ether oxygens (including phenoxy) is 2. The van der Waals surface area contributed by atoms with Crippen LogP contribution >= 0.6 is 0 Å². The molecule has 4 rings (SSSR count). The number of rotatable bonds is 8. The highest BCUT2D eigenvalue weighted by molar-refractivity contribution is 5.67. The number of unbranched alkanes of at least 4 members (excludes halogenated alkanes) is 1. The van der Waals surface area contributed by atoms with E-state index in [0.717, 1.165) is 49.3 Å². The van der Waals surface area contributed by atoms with Crippen LogP contribution in [0, 0.1) is 17.6 Å². The molecule has 0 amide bonds. The third-order valence-corrected chi connectivity index (χ3v) is 6.82. The lowest BCUT2D eigenvalue weighted by molar-refractivity contribution is -0.274. The largest absolute Gasteiger partial charge is 0.573 e. The summed E-state index contributed by atoms with van der Waals surface area (Å²) in [6, 6.07) is 14.0. The molecule has 1 aliphatic rings. The smallest absolute Gasteiger partial charge is 0.454 e. The van der Waals surface area contributed by atoms with E-state index >= 15 is 8.78 Å². The molecule has 0 N–H and O–H groups in total. The second kappa shape index (κ2) is 12.4. The van der Waals surface area contributed by atoms with Crippen LogP contribution in [-0.2, 0) is 0 Å². The van der Waals surface area contributed by atoms with E-state index in [1.54, 1.807) is 12.1 Å². The van der Waals surface area contributed by atoms with Gasteiger partial charge in [-0.2, -0.15) is 0 Å². The standard InChI is InChI=1S/C29H29F5O2.CH4/c1-2-3-5-19-8-10-20(11-9-19)21-12-17-24(26(30)18-21)25-6-4-7-27(28(25)31)35-22-13-15-23(16-14-22)36-29(32,33)34;/h4,6-7,12-20H,2-3,5,8-11H2,1H3;1H4. The van der Waals surface area contributed by atoms with Gasteiger partial charge in [0.05, 0.1) is 0 Å². The summed E-state index contributed by atoms with van der Waals surface area (Å²) in [6.07, 6.45) is 3.31. The van der Waals surface area contributed by atoms with Gasteiger partial charge in [-0.05, 0) is 79.5 Å². The van der Waals surface area contributed by atoms with Crippen molar-refractivity contribution in [1.82, 2.24) is 0 Å². The minimum absolute atomic E-state index is 0. The molecule has 0 bridgehead atoms. The van der Waals surface area contributed by atoms with Gasteiger partial charge in [0.2, 0.25) is 0 Å². The second-order valence-corrected chi connectivity index (χ2v) is 9.34. The summed E-state index contributed by atoms with van der Waals surface area (Å²) >= 11 is 0. The summed E-state index contributed by atoms with van der Waals surface area (Å²) in [4.78, 5) is 0. The topological polar surface area (TPSA) is 18.5 Å². The van der Waals surface area contributed by atoms with E-state index in [4.69, 9.17) is 4.74 Å². The van der Waals surface area contributed by atoms with Gasteiger partial charge in [-0.1, -0.05) is 57.9 Å². The maximum Gasteiger partial charge on any atom is 0.573 e. The van der Waals surface area contributed by atoms with E-state index in [-0.39, 0.29) is 30.1 Å². The van der Waals surface area contributed by atoms with E-state index in [1.165, 1.54) is 49.6 Å². The quantitative estimate of drug-likeness (QED) is 0.275. The number of halogens is 5. The van der Waals surface area contributed by atoms with Crippen LogP contribution in [-0.4, -0.2) is 6.36 Å². The lowest BCUT2D eigenvalue weighted by Gasteiger charge is -2.29. The molecule has 0 unspecified atom stereocenters.